The third-order valence-corrected chi connectivity index (χ3v) is 3.43. The molecule has 0 aliphatic heterocycles. The maximum atomic E-state index is 12.6. The quantitative estimate of drug-likeness (QED) is 0.576. The van der Waals surface area contributed by atoms with Gasteiger partial charge in [0.15, 0.2) is 0 Å². The van der Waals surface area contributed by atoms with Crippen molar-refractivity contribution in [3.8, 4) is 5.75 Å². The molecule has 0 atom stereocenters. The van der Waals surface area contributed by atoms with E-state index in [0.29, 0.717) is 8.04 Å². The van der Waals surface area contributed by atoms with E-state index in [1.807, 2.05) is 22.6 Å². The van der Waals surface area contributed by atoms with Gasteiger partial charge in [0.1, 0.15) is 11.6 Å². The molecule has 0 aliphatic carbocycles. The lowest BCUT2D eigenvalue weighted by atomic mass is 10.3. The van der Waals surface area contributed by atoms with Gasteiger partial charge < -0.3 is 5.11 Å². The van der Waals surface area contributed by atoms with Gasteiger partial charge in [-0.05, 0) is 44.6 Å². The van der Waals surface area contributed by atoms with Gasteiger partial charge in [-0.15, -0.1) is 0 Å². The van der Waals surface area contributed by atoms with Gasteiger partial charge in [0.05, 0.1) is 3.57 Å². The van der Waals surface area contributed by atoms with Crippen LogP contribution in [-0.2, 0) is 0 Å². The third kappa shape index (κ3) is 1.60. The zero-order chi connectivity index (χ0) is 7.72. The molecule has 1 rings (SSSR count). The second-order valence-electron chi connectivity index (χ2n) is 1.72. The number of phenols is 1. The topological polar surface area (TPSA) is 20.2 Å². The maximum absolute atomic E-state index is 12.6. The molecule has 0 radical (unpaired) electrons. The Morgan fingerprint density at radius 1 is 1.50 bits per heavy atom. The summed E-state index contributed by atoms with van der Waals surface area (Å²) in [4.78, 5) is 0. The Morgan fingerprint density at radius 2 is 2.10 bits per heavy atom. The first-order valence-corrected chi connectivity index (χ1v) is 4.32. The lowest BCUT2D eigenvalue weighted by Crippen LogP contribution is -1.81. The molecular weight excluding hydrogens is 314 g/mol. The monoisotopic (exact) mass is 316 g/mol. The van der Waals surface area contributed by atoms with Crippen molar-refractivity contribution in [2.45, 2.75) is 0 Å². The summed E-state index contributed by atoms with van der Waals surface area (Å²) in [7, 11) is 0. The van der Waals surface area contributed by atoms with Crippen molar-refractivity contribution >= 4 is 38.5 Å². The van der Waals surface area contributed by atoms with Crippen LogP contribution < -0.4 is 0 Å². The highest BCUT2D eigenvalue weighted by atomic mass is 127. The minimum Gasteiger partial charge on any atom is -0.508 e. The van der Waals surface area contributed by atoms with Gasteiger partial charge in [0.25, 0.3) is 0 Å². The SMILES string of the molecule is Oc1cc(F)c(I)c(Br)c1. The van der Waals surface area contributed by atoms with Gasteiger partial charge in [-0.3, -0.25) is 0 Å². The average molecular weight is 317 g/mol. The smallest absolute Gasteiger partial charge is 0.141 e. The Kier molecular flexibility index (Phi) is 2.51. The van der Waals surface area contributed by atoms with E-state index in [2.05, 4.69) is 15.9 Å². The van der Waals surface area contributed by atoms with Crippen molar-refractivity contribution in [2.75, 3.05) is 0 Å². The Balaban J connectivity index is 3.31. The van der Waals surface area contributed by atoms with Crippen molar-refractivity contribution in [3.05, 3.63) is 26.0 Å². The van der Waals surface area contributed by atoms with Crippen molar-refractivity contribution < 1.29 is 9.50 Å². The second kappa shape index (κ2) is 3.04. The Morgan fingerprint density at radius 3 is 2.60 bits per heavy atom. The third-order valence-electron chi connectivity index (χ3n) is 0.969. The number of benzene rings is 1. The number of aromatic hydroxyl groups is 1. The fourth-order valence-corrected chi connectivity index (χ4v) is 1.28. The number of hydrogen-bond donors (Lipinski definition) is 1. The van der Waals surface area contributed by atoms with Gasteiger partial charge in [0.2, 0.25) is 0 Å². The van der Waals surface area contributed by atoms with Crippen molar-refractivity contribution in [2.24, 2.45) is 0 Å². The molecular formula is C6H3BrFIO. The minimum absolute atomic E-state index is 0.0650. The zero-order valence-corrected chi connectivity index (χ0v) is 8.48. The van der Waals surface area contributed by atoms with Gasteiger partial charge in [-0.25, -0.2) is 4.39 Å². The lowest BCUT2D eigenvalue weighted by Gasteiger charge is -1.97. The summed E-state index contributed by atoms with van der Waals surface area (Å²) in [5, 5.41) is 8.84. The van der Waals surface area contributed by atoms with Crippen LogP contribution in [0.25, 0.3) is 0 Å². The summed E-state index contributed by atoms with van der Waals surface area (Å²) in [6, 6.07) is 2.53. The van der Waals surface area contributed by atoms with E-state index in [-0.39, 0.29) is 5.75 Å². The normalized spacial score (nSPS) is 9.90. The molecule has 1 nitrogen and oxygen atoms in total. The van der Waals surface area contributed by atoms with E-state index in [9.17, 15) is 4.39 Å². The van der Waals surface area contributed by atoms with Crippen molar-refractivity contribution in [3.63, 3.8) is 0 Å². The highest BCUT2D eigenvalue weighted by Gasteiger charge is 2.04. The van der Waals surface area contributed by atoms with Crippen LogP contribution in [0.2, 0.25) is 0 Å². The van der Waals surface area contributed by atoms with Crippen LogP contribution in [0.5, 0.6) is 5.75 Å². The molecule has 0 aliphatic rings. The molecule has 0 amide bonds. The number of phenolic OH excluding ortho intramolecular Hbond substituents is 1. The summed E-state index contributed by atoms with van der Waals surface area (Å²) in [6.07, 6.45) is 0. The number of hydrogen-bond acceptors (Lipinski definition) is 1. The molecule has 0 bridgehead atoms. The number of halogens is 3. The summed E-state index contributed by atoms with van der Waals surface area (Å²) < 4.78 is 13.7. The molecule has 0 spiro atoms. The molecule has 0 aromatic heterocycles. The van der Waals surface area contributed by atoms with Crippen LogP contribution in [0, 0.1) is 9.39 Å². The standard InChI is InChI=1S/C6H3BrFIO/c7-4-1-3(10)2-5(8)6(4)9/h1-2,10H. The minimum atomic E-state index is -0.410. The Bertz CT molecular complexity index is 241. The largest absolute Gasteiger partial charge is 0.508 e. The summed E-state index contributed by atoms with van der Waals surface area (Å²) in [5.74, 6) is -0.475. The van der Waals surface area contributed by atoms with Crippen LogP contribution in [-0.4, -0.2) is 5.11 Å². The molecule has 0 saturated carbocycles. The van der Waals surface area contributed by atoms with Crippen LogP contribution in [0.1, 0.15) is 0 Å². The zero-order valence-electron chi connectivity index (χ0n) is 4.74. The van der Waals surface area contributed by atoms with E-state index in [1.54, 1.807) is 0 Å². The molecule has 10 heavy (non-hydrogen) atoms. The fourth-order valence-electron chi connectivity index (χ4n) is 0.542. The molecule has 1 aromatic rings. The van der Waals surface area contributed by atoms with Gasteiger partial charge in [0, 0.05) is 10.5 Å². The predicted octanol–water partition coefficient (Wildman–Crippen LogP) is 2.90. The molecule has 0 fully saturated rings. The van der Waals surface area contributed by atoms with E-state index in [1.165, 1.54) is 6.07 Å². The molecule has 0 saturated heterocycles. The lowest BCUT2D eigenvalue weighted by molar-refractivity contribution is 0.468. The molecule has 0 heterocycles. The fraction of sp³-hybridized carbons (Fsp3) is 0. The van der Waals surface area contributed by atoms with E-state index in [0.717, 1.165) is 6.07 Å². The summed E-state index contributed by atoms with van der Waals surface area (Å²) >= 11 is 4.94. The van der Waals surface area contributed by atoms with E-state index in [4.69, 9.17) is 5.11 Å². The molecule has 0 unspecified atom stereocenters. The highest BCUT2D eigenvalue weighted by Crippen LogP contribution is 2.26. The number of rotatable bonds is 0. The van der Waals surface area contributed by atoms with Crippen molar-refractivity contribution in [1.29, 1.82) is 0 Å². The summed E-state index contributed by atoms with van der Waals surface area (Å²) in [5.41, 5.74) is 0. The highest BCUT2D eigenvalue weighted by molar-refractivity contribution is 14.1. The molecule has 1 N–H and O–H groups in total. The van der Waals surface area contributed by atoms with Crippen LogP contribution in [0.3, 0.4) is 0 Å². The predicted molar refractivity (Wildman–Crippen MR) is 48.5 cm³/mol. The van der Waals surface area contributed by atoms with Crippen LogP contribution in [0.15, 0.2) is 16.6 Å². The first kappa shape index (κ1) is 8.26. The van der Waals surface area contributed by atoms with Gasteiger partial charge in [-0.1, -0.05) is 0 Å². The Hall–Kier alpha value is 0.160. The summed E-state index contributed by atoms with van der Waals surface area (Å²) in [6.45, 7) is 0. The Labute approximate surface area is 79.5 Å². The first-order valence-electron chi connectivity index (χ1n) is 2.45. The van der Waals surface area contributed by atoms with Crippen molar-refractivity contribution in [1.82, 2.24) is 0 Å². The van der Waals surface area contributed by atoms with Gasteiger partial charge >= 0.3 is 0 Å². The maximum Gasteiger partial charge on any atom is 0.141 e. The van der Waals surface area contributed by atoms with E-state index < -0.39 is 5.82 Å². The van der Waals surface area contributed by atoms with E-state index >= 15 is 0 Å². The molecule has 1 aromatic carbocycles. The average Bonchev–Trinajstić information content (AvgIpc) is 1.82. The molecule has 54 valence electrons. The van der Waals surface area contributed by atoms with Gasteiger partial charge in [-0.2, -0.15) is 0 Å². The van der Waals surface area contributed by atoms with Crippen LogP contribution in [0.4, 0.5) is 4.39 Å². The van der Waals surface area contributed by atoms with Crippen LogP contribution >= 0.6 is 38.5 Å². The molecule has 4 heteroatoms. The second-order valence-corrected chi connectivity index (χ2v) is 3.66. The first-order chi connectivity index (χ1) is 4.61.